The van der Waals surface area contributed by atoms with Gasteiger partial charge in [0.15, 0.2) is 0 Å². The molecule has 0 aliphatic rings. The summed E-state index contributed by atoms with van der Waals surface area (Å²) in [6, 6.07) is 1.89. The van der Waals surface area contributed by atoms with Crippen molar-refractivity contribution < 1.29 is 8.78 Å². The van der Waals surface area contributed by atoms with Gasteiger partial charge in [0.1, 0.15) is 17.5 Å². The molecule has 0 saturated heterocycles. The highest BCUT2D eigenvalue weighted by Gasteiger charge is 2.20. The van der Waals surface area contributed by atoms with E-state index < -0.39 is 17.7 Å². The van der Waals surface area contributed by atoms with Gasteiger partial charge in [0.05, 0.1) is 16.2 Å². The van der Waals surface area contributed by atoms with Crippen molar-refractivity contribution in [3.05, 3.63) is 45.1 Å². The summed E-state index contributed by atoms with van der Waals surface area (Å²) in [5.74, 6) is -0.509. The Hall–Kier alpha value is -1.43. The Morgan fingerprint density at radius 3 is 2.42 bits per heavy atom. The molecule has 0 aliphatic heterocycles. The minimum atomic E-state index is -0.486. The molecule has 102 valence electrons. The van der Waals surface area contributed by atoms with Crippen LogP contribution in [0.4, 0.5) is 14.6 Å². The van der Waals surface area contributed by atoms with Gasteiger partial charge >= 0.3 is 0 Å². The molecule has 2 aromatic rings. The van der Waals surface area contributed by atoms with Crippen molar-refractivity contribution in [2.24, 2.45) is 0 Å². The lowest BCUT2D eigenvalue weighted by atomic mass is 10.1. The molecule has 0 aliphatic carbocycles. The van der Waals surface area contributed by atoms with Gasteiger partial charge in [-0.3, -0.25) is 0 Å². The first-order valence-electron chi connectivity index (χ1n) is 5.78. The van der Waals surface area contributed by atoms with Crippen LogP contribution in [0.1, 0.15) is 29.8 Å². The van der Waals surface area contributed by atoms with Gasteiger partial charge in [0.25, 0.3) is 0 Å². The molecule has 1 aromatic heterocycles. The first kappa shape index (κ1) is 14.0. The number of aryl methyl sites for hydroxylation is 2. The SMILES string of the molecule is Cc1cc(F)c(C(C)n2nc(C)c(Br)c2N)cc1F. The molecule has 19 heavy (non-hydrogen) atoms. The van der Waals surface area contributed by atoms with E-state index in [0.717, 1.165) is 0 Å². The van der Waals surface area contributed by atoms with Crippen molar-refractivity contribution in [3.63, 3.8) is 0 Å². The van der Waals surface area contributed by atoms with Gasteiger partial charge in [-0.05, 0) is 54.4 Å². The number of hydrogen-bond donors (Lipinski definition) is 1. The number of halogens is 3. The number of rotatable bonds is 2. The summed E-state index contributed by atoms with van der Waals surface area (Å²) in [5.41, 5.74) is 7.11. The van der Waals surface area contributed by atoms with Crippen LogP contribution in [-0.4, -0.2) is 9.78 Å². The third-order valence-electron chi connectivity index (χ3n) is 3.14. The van der Waals surface area contributed by atoms with Crippen LogP contribution in [-0.2, 0) is 0 Å². The Bertz CT molecular complexity index is 637. The van der Waals surface area contributed by atoms with E-state index in [1.807, 2.05) is 0 Å². The van der Waals surface area contributed by atoms with Crippen molar-refractivity contribution in [2.75, 3.05) is 5.73 Å². The van der Waals surface area contributed by atoms with Crippen LogP contribution in [0.2, 0.25) is 0 Å². The number of nitrogen functional groups attached to an aromatic ring is 1. The monoisotopic (exact) mass is 329 g/mol. The first-order chi connectivity index (χ1) is 8.82. The van der Waals surface area contributed by atoms with E-state index >= 15 is 0 Å². The molecule has 6 heteroatoms. The smallest absolute Gasteiger partial charge is 0.137 e. The van der Waals surface area contributed by atoms with Crippen LogP contribution in [0.5, 0.6) is 0 Å². The highest BCUT2D eigenvalue weighted by molar-refractivity contribution is 9.10. The van der Waals surface area contributed by atoms with Crippen LogP contribution < -0.4 is 5.73 Å². The third-order valence-corrected chi connectivity index (χ3v) is 4.12. The maximum atomic E-state index is 13.9. The van der Waals surface area contributed by atoms with E-state index in [4.69, 9.17) is 5.73 Å². The topological polar surface area (TPSA) is 43.8 Å². The Labute approximate surface area is 118 Å². The summed E-state index contributed by atoms with van der Waals surface area (Å²) in [6.45, 7) is 5.04. The summed E-state index contributed by atoms with van der Waals surface area (Å²) < 4.78 is 29.7. The number of nitrogens with two attached hydrogens (primary N) is 1. The normalized spacial score (nSPS) is 12.7. The van der Waals surface area contributed by atoms with Gasteiger partial charge in [0.2, 0.25) is 0 Å². The summed E-state index contributed by atoms with van der Waals surface area (Å²) in [4.78, 5) is 0. The molecule has 0 spiro atoms. The fraction of sp³-hybridized carbons (Fsp3) is 0.308. The zero-order chi connectivity index (χ0) is 14.3. The molecule has 2 N–H and O–H groups in total. The Kier molecular flexibility index (Phi) is 3.62. The van der Waals surface area contributed by atoms with E-state index in [0.29, 0.717) is 16.0 Å². The number of aromatic nitrogens is 2. The molecular formula is C13H14BrF2N3. The lowest BCUT2D eigenvalue weighted by Gasteiger charge is -2.16. The van der Waals surface area contributed by atoms with E-state index in [9.17, 15) is 8.78 Å². The van der Waals surface area contributed by atoms with Crippen LogP contribution in [0.15, 0.2) is 16.6 Å². The van der Waals surface area contributed by atoms with Gasteiger partial charge in [-0.2, -0.15) is 5.10 Å². The van der Waals surface area contributed by atoms with Gasteiger partial charge < -0.3 is 5.73 Å². The highest BCUT2D eigenvalue weighted by atomic mass is 79.9. The summed E-state index contributed by atoms with van der Waals surface area (Å²) in [7, 11) is 0. The lowest BCUT2D eigenvalue weighted by Crippen LogP contribution is -2.13. The minimum Gasteiger partial charge on any atom is -0.383 e. The van der Waals surface area contributed by atoms with Gasteiger partial charge in [0, 0.05) is 5.56 Å². The molecule has 1 atom stereocenters. The highest BCUT2D eigenvalue weighted by Crippen LogP contribution is 2.30. The minimum absolute atomic E-state index is 0.227. The fourth-order valence-electron chi connectivity index (χ4n) is 1.95. The molecule has 0 saturated carbocycles. The standard InChI is InChI=1S/C13H14BrF2N3/c1-6-4-11(16)9(5-10(6)15)8(3)19-13(17)12(14)7(2)18-19/h4-5,8H,17H2,1-3H3. The van der Waals surface area contributed by atoms with Gasteiger partial charge in [-0.1, -0.05) is 0 Å². The Balaban J connectivity index is 2.52. The quantitative estimate of drug-likeness (QED) is 0.912. The molecule has 1 heterocycles. The van der Waals surface area contributed by atoms with Crippen molar-refractivity contribution >= 4 is 21.7 Å². The maximum Gasteiger partial charge on any atom is 0.137 e. The average molecular weight is 330 g/mol. The Morgan fingerprint density at radius 1 is 1.26 bits per heavy atom. The second-order valence-corrected chi connectivity index (χ2v) is 5.32. The zero-order valence-corrected chi connectivity index (χ0v) is 12.4. The van der Waals surface area contributed by atoms with E-state index in [1.165, 1.54) is 23.7 Å². The maximum absolute atomic E-state index is 13.9. The molecule has 1 aromatic carbocycles. The molecule has 0 amide bonds. The predicted molar refractivity (Wildman–Crippen MR) is 74.0 cm³/mol. The molecule has 3 nitrogen and oxygen atoms in total. The van der Waals surface area contributed by atoms with Crippen LogP contribution in [0.25, 0.3) is 0 Å². The third kappa shape index (κ3) is 2.36. The van der Waals surface area contributed by atoms with Crippen LogP contribution in [0, 0.1) is 25.5 Å². The molecule has 2 rings (SSSR count). The fourth-order valence-corrected chi connectivity index (χ4v) is 2.22. The van der Waals surface area contributed by atoms with Crippen LogP contribution >= 0.6 is 15.9 Å². The first-order valence-corrected chi connectivity index (χ1v) is 6.57. The lowest BCUT2D eigenvalue weighted by molar-refractivity contribution is 0.513. The number of benzene rings is 1. The molecular weight excluding hydrogens is 316 g/mol. The number of nitrogens with zero attached hydrogens (tertiary/aromatic N) is 2. The molecule has 0 bridgehead atoms. The summed E-state index contributed by atoms with van der Waals surface area (Å²) >= 11 is 3.31. The van der Waals surface area contributed by atoms with Gasteiger partial charge in [-0.25, -0.2) is 13.5 Å². The predicted octanol–water partition coefficient (Wildman–Crippen LogP) is 3.73. The van der Waals surface area contributed by atoms with Crippen molar-refractivity contribution in [1.29, 1.82) is 0 Å². The van der Waals surface area contributed by atoms with E-state index in [2.05, 4.69) is 21.0 Å². The largest absolute Gasteiger partial charge is 0.383 e. The summed E-state index contributed by atoms with van der Waals surface area (Å²) in [6.07, 6.45) is 0. The second-order valence-electron chi connectivity index (χ2n) is 4.53. The van der Waals surface area contributed by atoms with E-state index in [-0.39, 0.29) is 11.1 Å². The molecule has 1 unspecified atom stereocenters. The zero-order valence-electron chi connectivity index (χ0n) is 10.8. The van der Waals surface area contributed by atoms with Crippen molar-refractivity contribution in [2.45, 2.75) is 26.8 Å². The molecule has 0 fully saturated rings. The number of anilines is 1. The molecule has 0 radical (unpaired) electrons. The average Bonchev–Trinajstić information content (AvgIpc) is 2.61. The van der Waals surface area contributed by atoms with Crippen molar-refractivity contribution in [3.8, 4) is 0 Å². The van der Waals surface area contributed by atoms with Gasteiger partial charge in [-0.15, -0.1) is 0 Å². The Morgan fingerprint density at radius 2 is 1.89 bits per heavy atom. The second kappa shape index (κ2) is 4.92. The van der Waals surface area contributed by atoms with Crippen LogP contribution in [0.3, 0.4) is 0 Å². The summed E-state index contributed by atoms with van der Waals surface area (Å²) in [5, 5.41) is 4.23. The van der Waals surface area contributed by atoms with E-state index in [1.54, 1.807) is 13.8 Å². The van der Waals surface area contributed by atoms with Crippen molar-refractivity contribution in [1.82, 2.24) is 9.78 Å². The number of hydrogen-bond acceptors (Lipinski definition) is 2.